The fourth-order valence-electron chi connectivity index (χ4n) is 3.92. The minimum atomic E-state index is -4.40. The molecule has 3 aromatic rings. The van der Waals surface area contributed by atoms with Gasteiger partial charge in [0, 0.05) is 37.8 Å². The standard InChI is InChI=1S/C21H23F3N6O/c1-12-17(10-16-13(2)28-29(3)19(16)26-12)20(31)27-15-6-8-30(9-7-15)18-5-4-14(11-25-18)21(22,23)24/h4-5,10-11,15H,6-9H2,1-3H3,(H,27,31). The summed E-state index contributed by atoms with van der Waals surface area (Å²) in [4.78, 5) is 23.3. The van der Waals surface area contributed by atoms with Crippen LogP contribution in [0.3, 0.4) is 0 Å². The molecule has 4 heterocycles. The van der Waals surface area contributed by atoms with E-state index in [4.69, 9.17) is 0 Å². The minimum absolute atomic E-state index is 0.0247. The summed E-state index contributed by atoms with van der Waals surface area (Å²) in [5, 5.41) is 8.27. The molecule has 7 nitrogen and oxygen atoms in total. The van der Waals surface area contributed by atoms with Crippen LogP contribution in [0.25, 0.3) is 11.0 Å². The van der Waals surface area contributed by atoms with Gasteiger partial charge in [-0.05, 0) is 44.9 Å². The highest BCUT2D eigenvalue weighted by Gasteiger charge is 2.31. The molecule has 0 saturated carbocycles. The van der Waals surface area contributed by atoms with Gasteiger partial charge >= 0.3 is 6.18 Å². The summed E-state index contributed by atoms with van der Waals surface area (Å²) in [6, 6.07) is 4.24. The van der Waals surface area contributed by atoms with E-state index >= 15 is 0 Å². The first kappa shape index (κ1) is 21.1. The Labute approximate surface area is 177 Å². The van der Waals surface area contributed by atoms with Gasteiger partial charge in [-0.2, -0.15) is 18.3 Å². The van der Waals surface area contributed by atoms with Crippen LogP contribution in [-0.2, 0) is 13.2 Å². The molecule has 10 heteroatoms. The highest BCUT2D eigenvalue weighted by atomic mass is 19.4. The lowest BCUT2D eigenvalue weighted by molar-refractivity contribution is -0.137. The van der Waals surface area contributed by atoms with Crippen molar-refractivity contribution in [2.75, 3.05) is 18.0 Å². The Morgan fingerprint density at radius 3 is 2.48 bits per heavy atom. The maximum absolute atomic E-state index is 12.9. The number of halogens is 3. The topological polar surface area (TPSA) is 75.9 Å². The van der Waals surface area contributed by atoms with Gasteiger partial charge in [0.05, 0.1) is 22.5 Å². The van der Waals surface area contributed by atoms with Crippen LogP contribution in [0.2, 0.25) is 0 Å². The Hall–Kier alpha value is -3.17. The molecule has 0 radical (unpaired) electrons. The smallest absolute Gasteiger partial charge is 0.356 e. The Kier molecular flexibility index (Phi) is 5.32. The van der Waals surface area contributed by atoms with Gasteiger partial charge in [0.15, 0.2) is 5.65 Å². The van der Waals surface area contributed by atoms with Crippen molar-refractivity contribution in [3.05, 3.63) is 46.9 Å². The largest absolute Gasteiger partial charge is 0.417 e. The van der Waals surface area contributed by atoms with Crippen molar-refractivity contribution in [3.8, 4) is 0 Å². The molecule has 31 heavy (non-hydrogen) atoms. The summed E-state index contributed by atoms with van der Waals surface area (Å²) in [6.07, 6.45) is -2.19. The normalized spacial score (nSPS) is 15.5. The van der Waals surface area contributed by atoms with Crippen LogP contribution in [0.15, 0.2) is 24.4 Å². The molecule has 1 N–H and O–H groups in total. The van der Waals surface area contributed by atoms with E-state index in [0.717, 1.165) is 29.0 Å². The van der Waals surface area contributed by atoms with E-state index in [1.54, 1.807) is 11.6 Å². The van der Waals surface area contributed by atoms with Crippen molar-refractivity contribution in [3.63, 3.8) is 0 Å². The van der Waals surface area contributed by atoms with Crippen LogP contribution in [0, 0.1) is 13.8 Å². The molecule has 0 spiro atoms. The van der Waals surface area contributed by atoms with Crippen LogP contribution in [0.1, 0.15) is 40.2 Å². The summed E-state index contributed by atoms with van der Waals surface area (Å²) in [6.45, 7) is 4.88. The maximum atomic E-state index is 12.9. The van der Waals surface area contributed by atoms with E-state index in [-0.39, 0.29) is 11.9 Å². The van der Waals surface area contributed by atoms with E-state index in [2.05, 4.69) is 20.4 Å². The van der Waals surface area contributed by atoms with E-state index in [9.17, 15) is 18.0 Å². The molecule has 0 aliphatic carbocycles. The van der Waals surface area contributed by atoms with Crippen LogP contribution in [-0.4, -0.2) is 44.8 Å². The van der Waals surface area contributed by atoms with Gasteiger partial charge in [-0.3, -0.25) is 9.48 Å². The van der Waals surface area contributed by atoms with Gasteiger partial charge in [0.25, 0.3) is 5.91 Å². The van der Waals surface area contributed by atoms with Crippen LogP contribution < -0.4 is 10.2 Å². The second-order valence-electron chi connectivity index (χ2n) is 7.84. The summed E-state index contributed by atoms with van der Waals surface area (Å²) >= 11 is 0. The van der Waals surface area contributed by atoms with E-state index in [1.165, 1.54) is 6.07 Å². The maximum Gasteiger partial charge on any atom is 0.417 e. The van der Waals surface area contributed by atoms with Gasteiger partial charge in [-0.15, -0.1) is 0 Å². The molecule has 0 bridgehead atoms. The van der Waals surface area contributed by atoms with Gasteiger partial charge in [0.2, 0.25) is 0 Å². The number of rotatable bonds is 3. The number of aryl methyl sites for hydroxylation is 3. The average Bonchev–Trinajstić information content (AvgIpc) is 3.00. The van der Waals surface area contributed by atoms with Crippen molar-refractivity contribution in [1.82, 2.24) is 25.1 Å². The number of carbonyl (C=O) groups excluding carboxylic acids is 1. The molecule has 4 rings (SSSR count). The molecule has 0 unspecified atom stereocenters. The molecule has 3 aromatic heterocycles. The number of carbonyl (C=O) groups is 1. The van der Waals surface area contributed by atoms with Crippen LogP contribution >= 0.6 is 0 Å². The number of nitrogens with zero attached hydrogens (tertiary/aromatic N) is 5. The monoisotopic (exact) mass is 432 g/mol. The SMILES string of the molecule is Cc1nc2c(cc1C(=O)NC1CCN(c3ccc(C(F)(F)F)cn3)CC1)c(C)nn2C. The number of piperidine rings is 1. The first-order chi connectivity index (χ1) is 14.6. The fourth-order valence-corrected chi connectivity index (χ4v) is 3.92. The summed E-state index contributed by atoms with van der Waals surface area (Å²) in [7, 11) is 1.82. The second-order valence-corrected chi connectivity index (χ2v) is 7.84. The van der Waals surface area contributed by atoms with Gasteiger partial charge in [0.1, 0.15) is 5.82 Å². The highest BCUT2D eigenvalue weighted by Crippen LogP contribution is 2.30. The average molecular weight is 432 g/mol. The summed E-state index contributed by atoms with van der Waals surface area (Å²) in [5.74, 6) is 0.330. The van der Waals surface area contributed by atoms with Gasteiger partial charge < -0.3 is 10.2 Å². The molecule has 164 valence electrons. The van der Waals surface area contributed by atoms with Crippen molar-refractivity contribution < 1.29 is 18.0 Å². The number of anilines is 1. The van der Waals surface area contributed by atoms with Gasteiger partial charge in [-0.25, -0.2) is 9.97 Å². The Morgan fingerprint density at radius 1 is 1.16 bits per heavy atom. The predicted molar refractivity (Wildman–Crippen MR) is 110 cm³/mol. The minimum Gasteiger partial charge on any atom is -0.356 e. The molecule has 1 aliphatic rings. The number of amides is 1. The van der Waals surface area contributed by atoms with Crippen molar-refractivity contribution >= 4 is 22.8 Å². The number of fused-ring (bicyclic) bond motifs is 1. The molecular formula is C21H23F3N6O. The number of pyridine rings is 2. The Morgan fingerprint density at radius 2 is 1.87 bits per heavy atom. The Balaban J connectivity index is 1.40. The lowest BCUT2D eigenvalue weighted by Gasteiger charge is -2.33. The summed E-state index contributed by atoms with van der Waals surface area (Å²) in [5.41, 5.74) is 1.96. The van der Waals surface area contributed by atoms with E-state index < -0.39 is 11.7 Å². The Bertz CT molecular complexity index is 1110. The molecule has 1 amide bonds. The van der Waals surface area contributed by atoms with Crippen molar-refractivity contribution in [2.45, 2.75) is 38.9 Å². The molecular weight excluding hydrogens is 409 g/mol. The first-order valence-electron chi connectivity index (χ1n) is 10.0. The number of nitrogens with one attached hydrogen (secondary N) is 1. The molecule has 1 fully saturated rings. The van der Waals surface area contributed by atoms with E-state index in [1.807, 2.05) is 24.9 Å². The van der Waals surface area contributed by atoms with Crippen LogP contribution in [0.4, 0.5) is 19.0 Å². The second kappa shape index (κ2) is 7.82. The lowest BCUT2D eigenvalue weighted by atomic mass is 10.0. The van der Waals surface area contributed by atoms with Gasteiger partial charge in [-0.1, -0.05) is 0 Å². The summed E-state index contributed by atoms with van der Waals surface area (Å²) < 4.78 is 39.8. The number of hydrogen-bond acceptors (Lipinski definition) is 5. The van der Waals surface area contributed by atoms with Crippen molar-refractivity contribution in [1.29, 1.82) is 0 Å². The zero-order chi connectivity index (χ0) is 22.3. The van der Waals surface area contributed by atoms with Crippen molar-refractivity contribution in [2.24, 2.45) is 7.05 Å². The zero-order valence-corrected chi connectivity index (χ0v) is 17.5. The number of alkyl halides is 3. The first-order valence-corrected chi connectivity index (χ1v) is 10.0. The third-order valence-corrected chi connectivity index (χ3v) is 5.66. The molecule has 1 aliphatic heterocycles. The third kappa shape index (κ3) is 4.19. The number of hydrogen-bond donors (Lipinski definition) is 1. The third-order valence-electron chi connectivity index (χ3n) is 5.66. The lowest BCUT2D eigenvalue weighted by Crippen LogP contribution is -2.45. The zero-order valence-electron chi connectivity index (χ0n) is 17.5. The van der Waals surface area contributed by atoms with E-state index in [0.29, 0.717) is 43.0 Å². The quantitative estimate of drug-likeness (QED) is 0.687. The predicted octanol–water partition coefficient (Wildman–Crippen LogP) is 3.40. The fraction of sp³-hybridized carbons (Fsp3) is 0.429. The highest BCUT2D eigenvalue weighted by molar-refractivity contribution is 5.98. The molecule has 0 aromatic carbocycles. The number of aromatic nitrogens is 4. The molecule has 1 saturated heterocycles. The van der Waals surface area contributed by atoms with Crippen LogP contribution in [0.5, 0.6) is 0 Å². The molecule has 0 atom stereocenters.